The largest absolute Gasteiger partial charge is 0.292 e. The summed E-state index contributed by atoms with van der Waals surface area (Å²) in [6, 6.07) is 52.4. The van der Waals surface area contributed by atoms with Crippen LogP contribution in [-0.4, -0.2) is 9.55 Å². The van der Waals surface area contributed by atoms with Crippen LogP contribution in [-0.2, 0) is 0 Å². The van der Waals surface area contributed by atoms with Gasteiger partial charge in [0.2, 0.25) is 0 Å². The van der Waals surface area contributed by atoms with E-state index in [0.29, 0.717) is 0 Å². The molecule has 0 fully saturated rings. The molecule has 190 valence electrons. The molecule has 9 rings (SSSR count). The first-order valence-corrected chi connectivity index (χ1v) is 14.1. The second-order valence-electron chi connectivity index (χ2n) is 10.8. The van der Waals surface area contributed by atoms with Crippen molar-refractivity contribution in [2.45, 2.75) is 0 Å². The fourth-order valence-electron chi connectivity index (χ4n) is 6.65. The third-order valence-electron chi connectivity index (χ3n) is 8.52. The highest BCUT2D eigenvalue weighted by atomic mass is 15.1. The molecule has 0 saturated carbocycles. The molecule has 2 heteroatoms. The first-order valence-electron chi connectivity index (χ1n) is 14.1. The number of hydrogen-bond acceptors (Lipinski definition) is 1. The number of para-hydroxylation sites is 3. The molecule has 41 heavy (non-hydrogen) atoms. The van der Waals surface area contributed by atoms with Crippen molar-refractivity contribution >= 4 is 32.6 Å². The van der Waals surface area contributed by atoms with Crippen molar-refractivity contribution in [3.8, 4) is 50.5 Å². The molecule has 0 saturated heterocycles. The monoisotopic (exact) mass is 520 g/mol. The van der Waals surface area contributed by atoms with Gasteiger partial charge in [-0.3, -0.25) is 4.57 Å². The zero-order valence-electron chi connectivity index (χ0n) is 22.3. The maximum atomic E-state index is 5.07. The van der Waals surface area contributed by atoms with Crippen LogP contribution in [0.15, 0.2) is 146 Å². The molecule has 1 aromatic heterocycles. The summed E-state index contributed by atoms with van der Waals surface area (Å²) < 4.78 is 2.26. The summed E-state index contributed by atoms with van der Waals surface area (Å²) in [4.78, 5) is 5.07. The molecule has 0 bridgehead atoms. The van der Waals surface area contributed by atoms with Gasteiger partial charge in [-0.15, -0.1) is 0 Å². The molecule has 7 aromatic carbocycles. The third-order valence-corrected chi connectivity index (χ3v) is 8.52. The van der Waals surface area contributed by atoms with Crippen LogP contribution in [0.5, 0.6) is 0 Å². The summed E-state index contributed by atoms with van der Waals surface area (Å²) in [7, 11) is 0. The maximum Gasteiger partial charge on any atom is 0.145 e. The van der Waals surface area contributed by atoms with Gasteiger partial charge < -0.3 is 0 Å². The van der Waals surface area contributed by atoms with Crippen molar-refractivity contribution in [2.75, 3.05) is 0 Å². The fraction of sp³-hybridized carbons (Fsp3) is 0. The molecule has 0 atom stereocenters. The Hall–Kier alpha value is -5.47. The van der Waals surface area contributed by atoms with Crippen LogP contribution >= 0.6 is 0 Å². The average molecular weight is 521 g/mol. The molecule has 0 amide bonds. The summed E-state index contributed by atoms with van der Waals surface area (Å²) in [5.41, 5.74) is 12.1. The third kappa shape index (κ3) is 3.28. The van der Waals surface area contributed by atoms with E-state index in [-0.39, 0.29) is 0 Å². The van der Waals surface area contributed by atoms with Gasteiger partial charge in [0.25, 0.3) is 0 Å². The number of imidazole rings is 1. The summed E-state index contributed by atoms with van der Waals surface area (Å²) in [5, 5.41) is 5.19. The molecule has 2 nitrogen and oxygen atoms in total. The molecule has 0 aliphatic heterocycles. The Kier molecular flexibility index (Phi) is 4.64. The van der Waals surface area contributed by atoms with Crippen LogP contribution in [0, 0.1) is 0 Å². The quantitative estimate of drug-likeness (QED) is 0.227. The summed E-state index contributed by atoms with van der Waals surface area (Å²) in [6.45, 7) is 0. The van der Waals surface area contributed by atoms with Gasteiger partial charge in [0.05, 0.1) is 11.0 Å². The van der Waals surface area contributed by atoms with Gasteiger partial charge in [0.1, 0.15) is 5.82 Å². The smallest absolute Gasteiger partial charge is 0.145 e. The van der Waals surface area contributed by atoms with Crippen molar-refractivity contribution in [3.63, 3.8) is 0 Å². The van der Waals surface area contributed by atoms with Gasteiger partial charge in [-0.2, -0.15) is 0 Å². The molecule has 0 spiro atoms. The Morgan fingerprint density at radius 3 is 1.95 bits per heavy atom. The predicted molar refractivity (Wildman–Crippen MR) is 171 cm³/mol. The minimum atomic E-state index is 0.950. The second kappa shape index (κ2) is 8.51. The zero-order chi connectivity index (χ0) is 26.9. The van der Waals surface area contributed by atoms with E-state index < -0.39 is 0 Å². The summed E-state index contributed by atoms with van der Waals surface area (Å²) >= 11 is 0. The molecule has 0 N–H and O–H groups in total. The predicted octanol–water partition coefficient (Wildman–Crippen LogP) is 10.3. The SMILES string of the molecule is c1ccc(-n2c(-c3ccc(-c4ccc5cccc6c5c4-c4cc5ccccc5cc4-6)cc3)nc3ccccc32)cc1. The molecule has 8 aromatic rings. The normalized spacial score (nSPS) is 11.9. The maximum absolute atomic E-state index is 5.07. The Balaban J connectivity index is 1.23. The van der Waals surface area contributed by atoms with Crippen molar-refractivity contribution in [2.24, 2.45) is 0 Å². The number of nitrogens with zero attached hydrogens (tertiary/aromatic N) is 2. The number of benzene rings is 7. The van der Waals surface area contributed by atoms with Gasteiger partial charge in [-0.05, 0) is 91.3 Å². The number of hydrogen-bond donors (Lipinski definition) is 0. The van der Waals surface area contributed by atoms with Gasteiger partial charge in [0, 0.05) is 11.3 Å². The van der Waals surface area contributed by atoms with Gasteiger partial charge >= 0.3 is 0 Å². The second-order valence-corrected chi connectivity index (χ2v) is 10.8. The van der Waals surface area contributed by atoms with Crippen LogP contribution in [0.3, 0.4) is 0 Å². The Bertz CT molecular complexity index is 2290. The molecule has 1 heterocycles. The molecular weight excluding hydrogens is 496 g/mol. The van der Waals surface area contributed by atoms with Crippen LogP contribution < -0.4 is 0 Å². The van der Waals surface area contributed by atoms with E-state index >= 15 is 0 Å². The van der Waals surface area contributed by atoms with E-state index in [9.17, 15) is 0 Å². The lowest BCUT2D eigenvalue weighted by molar-refractivity contribution is 1.10. The van der Waals surface area contributed by atoms with Crippen molar-refractivity contribution in [3.05, 3.63) is 146 Å². The van der Waals surface area contributed by atoms with Crippen molar-refractivity contribution in [1.29, 1.82) is 0 Å². The Morgan fingerprint density at radius 1 is 0.439 bits per heavy atom. The lowest BCUT2D eigenvalue weighted by Gasteiger charge is -2.13. The minimum Gasteiger partial charge on any atom is -0.292 e. The Labute approximate surface area is 237 Å². The minimum absolute atomic E-state index is 0.950. The number of aromatic nitrogens is 2. The van der Waals surface area contributed by atoms with Gasteiger partial charge in [0.15, 0.2) is 0 Å². The van der Waals surface area contributed by atoms with Crippen molar-refractivity contribution < 1.29 is 0 Å². The van der Waals surface area contributed by atoms with Crippen molar-refractivity contribution in [1.82, 2.24) is 9.55 Å². The topological polar surface area (TPSA) is 17.8 Å². The highest BCUT2D eigenvalue weighted by molar-refractivity contribution is 6.20. The fourth-order valence-corrected chi connectivity index (χ4v) is 6.65. The van der Waals surface area contributed by atoms with Gasteiger partial charge in [-0.1, -0.05) is 109 Å². The van der Waals surface area contributed by atoms with Crippen LogP contribution in [0.2, 0.25) is 0 Å². The highest BCUT2D eigenvalue weighted by Gasteiger charge is 2.25. The molecule has 1 aliphatic carbocycles. The Morgan fingerprint density at radius 2 is 1.12 bits per heavy atom. The van der Waals surface area contributed by atoms with Crippen LogP contribution in [0.1, 0.15) is 0 Å². The standard InChI is InChI=1S/C39H24N2/c1-2-12-30(13-3-1)41-36-16-7-6-15-35(36)40-39(41)27-19-17-25(18-20-27)31-22-21-26-11-8-14-32-33-23-28-9-4-5-10-29(28)24-34(33)38(31)37(26)32/h1-24H. The number of fused-ring (bicyclic) bond motifs is 5. The van der Waals surface area contributed by atoms with E-state index in [1.807, 2.05) is 0 Å². The van der Waals surface area contributed by atoms with Gasteiger partial charge in [-0.25, -0.2) is 4.98 Å². The van der Waals surface area contributed by atoms with E-state index in [2.05, 4.69) is 150 Å². The first-order chi connectivity index (χ1) is 20.3. The summed E-state index contributed by atoms with van der Waals surface area (Å²) in [5.74, 6) is 0.950. The number of rotatable bonds is 3. The first kappa shape index (κ1) is 22.4. The lowest BCUT2D eigenvalue weighted by Crippen LogP contribution is -1.97. The average Bonchev–Trinajstić information content (AvgIpc) is 3.58. The summed E-state index contributed by atoms with van der Waals surface area (Å²) in [6.07, 6.45) is 0. The van der Waals surface area contributed by atoms with E-state index in [0.717, 1.165) is 28.1 Å². The molecular formula is C39H24N2. The highest BCUT2D eigenvalue weighted by Crippen LogP contribution is 2.52. The molecule has 1 aliphatic rings. The van der Waals surface area contributed by atoms with Crippen LogP contribution in [0.4, 0.5) is 0 Å². The van der Waals surface area contributed by atoms with Crippen LogP contribution in [0.25, 0.3) is 83.0 Å². The molecule has 0 unspecified atom stereocenters. The zero-order valence-corrected chi connectivity index (χ0v) is 22.3. The van der Waals surface area contributed by atoms with E-state index in [1.165, 1.54) is 54.9 Å². The van der Waals surface area contributed by atoms with E-state index in [4.69, 9.17) is 4.98 Å². The van der Waals surface area contributed by atoms with E-state index in [1.54, 1.807) is 0 Å². The molecule has 0 radical (unpaired) electrons. The lowest BCUT2D eigenvalue weighted by atomic mass is 9.92.